The van der Waals surface area contributed by atoms with Crippen molar-refractivity contribution in [1.29, 1.82) is 0 Å². The maximum atomic E-state index is 12.4. The van der Waals surface area contributed by atoms with Crippen LogP contribution in [0.1, 0.15) is 13.8 Å². The molecule has 0 unspecified atom stereocenters. The number of amides is 2. The second-order valence-electron chi connectivity index (χ2n) is 7.56. The summed E-state index contributed by atoms with van der Waals surface area (Å²) in [7, 11) is 0. The Labute approximate surface area is 188 Å². The van der Waals surface area contributed by atoms with Gasteiger partial charge < -0.3 is 15.1 Å². The summed E-state index contributed by atoms with van der Waals surface area (Å²) in [6.45, 7) is 6.54. The van der Waals surface area contributed by atoms with E-state index in [0.717, 1.165) is 33.2 Å². The lowest BCUT2D eigenvalue weighted by atomic mass is 10.2. The first-order valence-corrected chi connectivity index (χ1v) is 11.5. The monoisotopic (exact) mass is 455 g/mol. The summed E-state index contributed by atoms with van der Waals surface area (Å²) in [4.78, 5) is 22.5. The lowest BCUT2D eigenvalue weighted by Gasteiger charge is -2.40. The number of fused-ring (bicyclic) bond motifs is 3. The van der Waals surface area contributed by atoms with Crippen LogP contribution in [0.2, 0.25) is 5.02 Å². The van der Waals surface area contributed by atoms with Gasteiger partial charge in [0.1, 0.15) is 0 Å². The molecule has 0 saturated carbocycles. The van der Waals surface area contributed by atoms with E-state index in [2.05, 4.69) is 27.3 Å². The molecule has 0 bridgehead atoms. The normalized spacial score (nSPS) is 16.9. The lowest BCUT2D eigenvalue weighted by Crippen LogP contribution is -2.57. The molecular formula is C21H22ClN7OS. The fourth-order valence-corrected chi connectivity index (χ4v) is 4.93. The van der Waals surface area contributed by atoms with Crippen LogP contribution >= 0.6 is 22.9 Å². The third-order valence-corrected chi connectivity index (χ3v) is 6.63. The number of nitrogens with one attached hydrogen (secondary N) is 1. The van der Waals surface area contributed by atoms with Crippen LogP contribution in [0.4, 0.5) is 10.7 Å². The van der Waals surface area contributed by atoms with Crippen LogP contribution in [0.3, 0.4) is 0 Å². The first-order valence-electron chi connectivity index (χ1n) is 10.2. The van der Waals surface area contributed by atoms with Crippen LogP contribution in [0.15, 0.2) is 35.7 Å². The van der Waals surface area contributed by atoms with E-state index in [1.807, 2.05) is 51.9 Å². The van der Waals surface area contributed by atoms with Gasteiger partial charge >= 0.3 is 6.03 Å². The van der Waals surface area contributed by atoms with Crippen molar-refractivity contribution in [3.8, 4) is 10.7 Å². The Morgan fingerprint density at radius 3 is 2.90 bits per heavy atom. The highest BCUT2D eigenvalue weighted by Crippen LogP contribution is 2.32. The third-order valence-electron chi connectivity index (χ3n) is 5.52. The zero-order chi connectivity index (χ0) is 21.5. The Bertz CT molecular complexity index is 1260. The lowest BCUT2D eigenvalue weighted by molar-refractivity contribution is 0.171. The number of hydrogen-bond acceptors (Lipinski definition) is 6. The quantitative estimate of drug-likeness (QED) is 0.507. The molecule has 8 nitrogen and oxygen atoms in total. The molecule has 4 heterocycles. The van der Waals surface area contributed by atoms with Crippen molar-refractivity contribution in [2.24, 2.45) is 0 Å². The molecule has 0 aliphatic carbocycles. The van der Waals surface area contributed by atoms with Crippen LogP contribution in [0.25, 0.3) is 27.3 Å². The Morgan fingerprint density at radius 1 is 1.29 bits per heavy atom. The fourth-order valence-electron chi connectivity index (χ4n) is 4.06. The van der Waals surface area contributed by atoms with E-state index in [1.54, 1.807) is 11.3 Å². The van der Waals surface area contributed by atoms with E-state index in [1.165, 1.54) is 0 Å². The van der Waals surface area contributed by atoms with Gasteiger partial charge in [-0.05, 0) is 43.5 Å². The predicted octanol–water partition coefficient (Wildman–Crippen LogP) is 3.90. The third kappa shape index (κ3) is 3.47. The summed E-state index contributed by atoms with van der Waals surface area (Å²) in [5, 5.41) is 15.5. The number of hydrogen-bond donors (Lipinski definition) is 1. The Morgan fingerprint density at radius 2 is 2.16 bits per heavy atom. The van der Waals surface area contributed by atoms with Gasteiger partial charge in [0.25, 0.3) is 0 Å². The SMILES string of the molecule is CCNC(=O)N1CCN(c2nc3cc(Cl)ccc3c3nnc(-c4cccs4)n23)C[C@H]1C. The smallest absolute Gasteiger partial charge is 0.317 e. The van der Waals surface area contributed by atoms with E-state index in [9.17, 15) is 4.79 Å². The number of benzene rings is 1. The van der Waals surface area contributed by atoms with Gasteiger partial charge in [0, 0.05) is 42.6 Å². The first-order chi connectivity index (χ1) is 15.1. The number of thiophene rings is 1. The molecule has 0 radical (unpaired) electrons. The first kappa shape index (κ1) is 20.0. The number of rotatable bonds is 3. The van der Waals surface area contributed by atoms with Crippen molar-refractivity contribution < 1.29 is 4.79 Å². The predicted molar refractivity (Wildman–Crippen MR) is 124 cm³/mol. The average molecular weight is 456 g/mol. The van der Waals surface area contributed by atoms with Gasteiger partial charge in [0.2, 0.25) is 5.95 Å². The van der Waals surface area contributed by atoms with Crippen molar-refractivity contribution in [2.75, 3.05) is 31.1 Å². The van der Waals surface area contributed by atoms with E-state index in [4.69, 9.17) is 16.6 Å². The van der Waals surface area contributed by atoms with E-state index < -0.39 is 0 Å². The molecule has 1 fully saturated rings. The molecule has 1 N–H and O–H groups in total. The van der Waals surface area contributed by atoms with Crippen molar-refractivity contribution in [3.05, 3.63) is 40.7 Å². The van der Waals surface area contributed by atoms with Gasteiger partial charge in [-0.3, -0.25) is 0 Å². The Hall–Kier alpha value is -2.91. The highest BCUT2D eigenvalue weighted by molar-refractivity contribution is 7.13. The largest absolute Gasteiger partial charge is 0.338 e. The van der Waals surface area contributed by atoms with Gasteiger partial charge in [-0.25, -0.2) is 14.2 Å². The molecule has 1 aliphatic rings. The standard InChI is InChI=1S/C21H22ClN7OS/c1-3-23-21(30)28-9-8-27(12-13(28)2)20-24-16-11-14(22)6-7-15(16)18-25-26-19(29(18)20)17-5-4-10-31-17/h4-7,10-11,13H,3,8-9,12H2,1-2H3,(H,23,30)/t13-/m1/s1. The van der Waals surface area contributed by atoms with Crippen LogP contribution in [-0.4, -0.2) is 62.7 Å². The Kier molecular flexibility index (Phi) is 5.15. The minimum atomic E-state index is -0.0263. The Balaban J connectivity index is 1.63. The number of nitrogens with zero attached hydrogens (tertiary/aromatic N) is 6. The summed E-state index contributed by atoms with van der Waals surface area (Å²) >= 11 is 7.87. The summed E-state index contributed by atoms with van der Waals surface area (Å²) in [5.74, 6) is 1.53. The van der Waals surface area contributed by atoms with Gasteiger partial charge in [-0.15, -0.1) is 21.5 Å². The fraction of sp³-hybridized carbons (Fsp3) is 0.333. The number of carbonyl (C=O) groups excluding carboxylic acids is 1. The van der Waals surface area contributed by atoms with Crippen LogP contribution in [-0.2, 0) is 0 Å². The minimum Gasteiger partial charge on any atom is -0.338 e. The second-order valence-corrected chi connectivity index (χ2v) is 8.94. The summed E-state index contributed by atoms with van der Waals surface area (Å²) in [6, 6.07) is 9.68. The van der Waals surface area contributed by atoms with Gasteiger partial charge in [0.15, 0.2) is 11.5 Å². The molecule has 10 heteroatoms. The number of carbonyl (C=O) groups is 1. The highest BCUT2D eigenvalue weighted by atomic mass is 35.5. The number of urea groups is 1. The molecule has 5 rings (SSSR count). The molecule has 31 heavy (non-hydrogen) atoms. The molecule has 1 saturated heterocycles. The molecule has 3 aromatic heterocycles. The number of halogens is 1. The number of piperazine rings is 1. The molecule has 0 spiro atoms. The van der Waals surface area contributed by atoms with E-state index >= 15 is 0 Å². The zero-order valence-electron chi connectivity index (χ0n) is 17.2. The maximum Gasteiger partial charge on any atom is 0.317 e. The summed E-state index contributed by atoms with van der Waals surface area (Å²) in [6.07, 6.45) is 0. The van der Waals surface area contributed by atoms with E-state index in [-0.39, 0.29) is 12.1 Å². The van der Waals surface area contributed by atoms with Crippen molar-refractivity contribution in [1.82, 2.24) is 29.8 Å². The average Bonchev–Trinajstić information content (AvgIpc) is 3.43. The van der Waals surface area contributed by atoms with E-state index in [0.29, 0.717) is 31.2 Å². The highest BCUT2D eigenvalue weighted by Gasteiger charge is 2.30. The van der Waals surface area contributed by atoms with Crippen molar-refractivity contribution in [2.45, 2.75) is 19.9 Å². The molecule has 1 aliphatic heterocycles. The molecule has 2 amide bonds. The number of anilines is 1. The molecule has 1 aromatic carbocycles. The molecule has 160 valence electrons. The number of aromatic nitrogens is 4. The maximum absolute atomic E-state index is 12.4. The summed E-state index contributed by atoms with van der Waals surface area (Å²) in [5.41, 5.74) is 1.53. The molecular weight excluding hydrogens is 434 g/mol. The second kappa shape index (κ2) is 7.97. The van der Waals surface area contributed by atoms with Crippen LogP contribution < -0.4 is 10.2 Å². The molecule has 4 aromatic rings. The van der Waals surface area contributed by atoms with Gasteiger partial charge in [-0.2, -0.15) is 0 Å². The van der Waals surface area contributed by atoms with Gasteiger partial charge in [0.05, 0.1) is 10.4 Å². The summed E-state index contributed by atoms with van der Waals surface area (Å²) < 4.78 is 2.02. The van der Waals surface area contributed by atoms with Crippen LogP contribution in [0.5, 0.6) is 0 Å². The zero-order valence-corrected chi connectivity index (χ0v) is 18.8. The van der Waals surface area contributed by atoms with Gasteiger partial charge in [-0.1, -0.05) is 17.7 Å². The van der Waals surface area contributed by atoms with Crippen LogP contribution in [0, 0.1) is 0 Å². The van der Waals surface area contributed by atoms with Crippen molar-refractivity contribution in [3.63, 3.8) is 0 Å². The molecule has 1 atom stereocenters. The topological polar surface area (TPSA) is 78.7 Å². The minimum absolute atomic E-state index is 0.0263. The van der Waals surface area contributed by atoms with Crippen molar-refractivity contribution >= 4 is 51.5 Å².